The molecule has 2 atom stereocenters. The molecule has 106 valence electrons. The lowest BCUT2D eigenvalue weighted by Crippen LogP contribution is -2.39. The van der Waals surface area contributed by atoms with E-state index >= 15 is 0 Å². The van der Waals surface area contributed by atoms with Crippen molar-refractivity contribution in [2.45, 2.75) is 25.4 Å². The van der Waals surface area contributed by atoms with Crippen molar-refractivity contribution in [1.82, 2.24) is 9.88 Å². The highest BCUT2D eigenvalue weighted by molar-refractivity contribution is 5.19. The molecule has 2 unspecified atom stereocenters. The van der Waals surface area contributed by atoms with E-state index in [9.17, 15) is 0 Å². The Kier molecular flexibility index (Phi) is 5.27. The van der Waals surface area contributed by atoms with Gasteiger partial charge < -0.3 is 10.6 Å². The van der Waals surface area contributed by atoms with E-state index in [1.165, 1.54) is 5.56 Å². The van der Waals surface area contributed by atoms with Gasteiger partial charge in [0.15, 0.2) is 0 Å². The van der Waals surface area contributed by atoms with Gasteiger partial charge in [0.1, 0.15) is 0 Å². The Balaban J connectivity index is 1.90. The smallest absolute Gasteiger partial charge is 0.0450 e. The topological polar surface area (TPSA) is 42.1 Å². The molecule has 0 aliphatic carbocycles. The SMILES string of the molecule is CC(C(N)c1ccccc1)N(C)CCc1ccccn1. The summed E-state index contributed by atoms with van der Waals surface area (Å²) in [5.74, 6) is 0. The Morgan fingerprint density at radius 2 is 1.80 bits per heavy atom. The van der Waals surface area contributed by atoms with Gasteiger partial charge >= 0.3 is 0 Å². The predicted octanol–water partition coefficient (Wildman–Crippen LogP) is 2.64. The third kappa shape index (κ3) is 3.89. The van der Waals surface area contributed by atoms with Crippen LogP contribution >= 0.6 is 0 Å². The van der Waals surface area contributed by atoms with E-state index < -0.39 is 0 Å². The van der Waals surface area contributed by atoms with Gasteiger partial charge in [0, 0.05) is 36.9 Å². The normalized spacial score (nSPS) is 14.2. The summed E-state index contributed by atoms with van der Waals surface area (Å²) in [4.78, 5) is 6.65. The monoisotopic (exact) mass is 269 g/mol. The van der Waals surface area contributed by atoms with E-state index in [1.807, 2.05) is 36.5 Å². The van der Waals surface area contributed by atoms with Crippen molar-refractivity contribution in [3.05, 3.63) is 66.0 Å². The lowest BCUT2D eigenvalue weighted by Gasteiger charge is -2.29. The highest BCUT2D eigenvalue weighted by Crippen LogP contribution is 2.17. The maximum Gasteiger partial charge on any atom is 0.0450 e. The van der Waals surface area contributed by atoms with Gasteiger partial charge in [-0.15, -0.1) is 0 Å². The second kappa shape index (κ2) is 7.17. The molecule has 2 N–H and O–H groups in total. The highest BCUT2D eigenvalue weighted by atomic mass is 15.1. The van der Waals surface area contributed by atoms with E-state index in [-0.39, 0.29) is 6.04 Å². The molecule has 1 aromatic heterocycles. The minimum atomic E-state index is 0.0323. The van der Waals surface area contributed by atoms with Crippen molar-refractivity contribution in [3.8, 4) is 0 Å². The summed E-state index contributed by atoms with van der Waals surface area (Å²) < 4.78 is 0. The molecule has 0 fully saturated rings. The Labute approximate surface area is 121 Å². The van der Waals surface area contributed by atoms with Crippen molar-refractivity contribution in [2.75, 3.05) is 13.6 Å². The van der Waals surface area contributed by atoms with E-state index in [0.29, 0.717) is 6.04 Å². The molecule has 0 amide bonds. The molecule has 0 saturated carbocycles. The number of hydrogen-bond acceptors (Lipinski definition) is 3. The van der Waals surface area contributed by atoms with Crippen LogP contribution in [0.4, 0.5) is 0 Å². The molecular formula is C17H23N3. The zero-order chi connectivity index (χ0) is 14.4. The van der Waals surface area contributed by atoms with Gasteiger partial charge in [0.05, 0.1) is 0 Å². The van der Waals surface area contributed by atoms with E-state index in [1.54, 1.807) is 0 Å². The van der Waals surface area contributed by atoms with Crippen LogP contribution in [-0.2, 0) is 6.42 Å². The first kappa shape index (κ1) is 14.7. The second-order valence-electron chi connectivity index (χ2n) is 5.23. The van der Waals surface area contributed by atoms with Crippen LogP contribution in [0.3, 0.4) is 0 Å². The number of hydrogen-bond donors (Lipinski definition) is 1. The quantitative estimate of drug-likeness (QED) is 0.876. The first-order chi connectivity index (χ1) is 9.68. The Bertz CT molecular complexity index is 498. The van der Waals surface area contributed by atoms with Crippen LogP contribution in [-0.4, -0.2) is 29.5 Å². The molecule has 1 heterocycles. The third-order valence-corrected chi connectivity index (χ3v) is 3.85. The van der Waals surface area contributed by atoms with Gasteiger partial charge in [0.25, 0.3) is 0 Å². The van der Waals surface area contributed by atoms with Crippen molar-refractivity contribution in [3.63, 3.8) is 0 Å². The Hall–Kier alpha value is -1.71. The number of pyridine rings is 1. The maximum absolute atomic E-state index is 6.35. The fourth-order valence-electron chi connectivity index (χ4n) is 2.27. The van der Waals surface area contributed by atoms with Crippen LogP contribution < -0.4 is 5.73 Å². The molecule has 3 heteroatoms. The lowest BCUT2D eigenvalue weighted by molar-refractivity contribution is 0.229. The second-order valence-corrected chi connectivity index (χ2v) is 5.23. The molecule has 1 aromatic carbocycles. The summed E-state index contributed by atoms with van der Waals surface area (Å²) in [6, 6.07) is 16.6. The maximum atomic E-state index is 6.35. The molecule has 2 rings (SSSR count). The highest BCUT2D eigenvalue weighted by Gasteiger charge is 2.18. The first-order valence-corrected chi connectivity index (χ1v) is 7.09. The average molecular weight is 269 g/mol. The standard InChI is InChI=1S/C17H23N3/c1-14(17(18)15-8-4-3-5-9-15)20(2)13-11-16-10-6-7-12-19-16/h3-10,12,14,17H,11,13,18H2,1-2H3. The number of likely N-dealkylation sites (N-methyl/N-ethyl adjacent to an activating group) is 1. The van der Waals surface area contributed by atoms with Gasteiger partial charge in [-0.1, -0.05) is 36.4 Å². The van der Waals surface area contributed by atoms with Crippen molar-refractivity contribution in [2.24, 2.45) is 5.73 Å². The van der Waals surface area contributed by atoms with Crippen LogP contribution in [0, 0.1) is 0 Å². The summed E-state index contributed by atoms with van der Waals surface area (Å²) in [7, 11) is 2.12. The van der Waals surface area contributed by atoms with Gasteiger partial charge in [-0.2, -0.15) is 0 Å². The zero-order valence-electron chi connectivity index (χ0n) is 12.2. The van der Waals surface area contributed by atoms with Gasteiger partial charge in [-0.25, -0.2) is 0 Å². The molecule has 2 aromatic rings. The number of benzene rings is 1. The Morgan fingerprint density at radius 3 is 2.45 bits per heavy atom. The zero-order valence-corrected chi connectivity index (χ0v) is 12.2. The number of rotatable bonds is 6. The number of aromatic nitrogens is 1. The molecule has 3 nitrogen and oxygen atoms in total. The molecule has 0 aliphatic heterocycles. The number of nitrogens with zero attached hydrogens (tertiary/aromatic N) is 2. The molecule has 20 heavy (non-hydrogen) atoms. The van der Waals surface area contributed by atoms with Crippen molar-refractivity contribution >= 4 is 0 Å². The van der Waals surface area contributed by atoms with Gasteiger partial charge in [-0.3, -0.25) is 4.98 Å². The van der Waals surface area contributed by atoms with Gasteiger partial charge in [0.2, 0.25) is 0 Å². The summed E-state index contributed by atoms with van der Waals surface area (Å²) >= 11 is 0. The van der Waals surface area contributed by atoms with E-state index in [4.69, 9.17) is 5.73 Å². The van der Waals surface area contributed by atoms with Crippen LogP contribution in [0.1, 0.15) is 24.2 Å². The lowest BCUT2D eigenvalue weighted by atomic mass is 10.0. The minimum Gasteiger partial charge on any atom is -0.323 e. The Morgan fingerprint density at radius 1 is 1.10 bits per heavy atom. The van der Waals surface area contributed by atoms with Crippen LogP contribution in [0.2, 0.25) is 0 Å². The molecule has 0 radical (unpaired) electrons. The summed E-state index contributed by atoms with van der Waals surface area (Å²) in [5, 5.41) is 0. The van der Waals surface area contributed by atoms with E-state index in [0.717, 1.165) is 18.7 Å². The van der Waals surface area contributed by atoms with Crippen LogP contribution in [0.15, 0.2) is 54.7 Å². The predicted molar refractivity (Wildman–Crippen MR) is 83.4 cm³/mol. The fraction of sp³-hybridized carbons (Fsp3) is 0.353. The van der Waals surface area contributed by atoms with Gasteiger partial charge in [-0.05, 0) is 31.7 Å². The van der Waals surface area contributed by atoms with Crippen molar-refractivity contribution in [1.29, 1.82) is 0 Å². The summed E-state index contributed by atoms with van der Waals surface area (Å²) in [5.41, 5.74) is 8.66. The minimum absolute atomic E-state index is 0.0323. The summed E-state index contributed by atoms with van der Waals surface area (Å²) in [6.07, 6.45) is 2.79. The van der Waals surface area contributed by atoms with Crippen LogP contribution in [0.25, 0.3) is 0 Å². The molecular weight excluding hydrogens is 246 g/mol. The molecule has 0 saturated heterocycles. The molecule has 0 spiro atoms. The largest absolute Gasteiger partial charge is 0.323 e. The fourth-order valence-corrected chi connectivity index (χ4v) is 2.27. The van der Waals surface area contributed by atoms with Crippen LogP contribution in [0.5, 0.6) is 0 Å². The first-order valence-electron chi connectivity index (χ1n) is 7.09. The molecule has 0 bridgehead atoms. The number of nitrogens with two attached hydrogens (primary N) is 1. The van der Waals surface area contributed by atoms with E-state index in [2.05, 4.69) is 42.1 Å². The molecule has 0 aliphatic rings. The third-order valence-electron chi connectivity index (χ3n) is 3.85. The van der Waals surface area contributed by atoms with Crippen molar-refractivity contribution < 1.29 is 0 Å². The summed E-state index contributed by atoms with van der Waals surface area (Å²) in [6.45, 7) is 3.13. The average Bonchev–Trinajstić information content (AvgIpc) is 2.53.